The van der Waals surface area contributed by atoms with Crippen molar-refractivity contribution in [1.82, 2.24) is 25.4 Å². The molecule has 7 nitrogen and oxygen atoms in total. The zero-order chi connectivity index (χ0) is 20.2. The molecule has 1 aromatic heterocycles. The van der Waals surface area contributed by atoms with Crippen molar-refractivity contribution < 1.29 is 4.74 Å². The molecule has 2 aromatic rings. The van der Waals surface area contributed by atoms with Gasteiger partial charge in [0.25, 0.3) is 0 Å². The van der Waals surface area contributed by atoms with Crippen molar-refractivity contribution >= 4 is 29.9 Å². The molecule has 30 heavy (non-hydrogen) atoms. The second kappa shape index (κ2) is 14.3. The number of guanidine groups is 1. The number of halogens is 1. The Hall–Kier alpha value is -1.68. The first-order valence-corrected chi connectivity index (χ1v) is 10.9. The lowest BCUT2D eigenvalue weighted by Crippen LogP contribution is -2.39. The standard InChI is InChI=1S/C22H34N6O.HI/c1-2-23-22(25-15-17-29-18-19-10-5-3-6-11-19)24-14-9-13-21-27-26-20-12-7-4-8-16-28(20)21;/h3,5-6,10-11H,2,4,7-9,12-18H2,1H3,(H2,23,24,25);1H. The summed E-state index contributed by atoms with van der Waals surface area (Å²) in [4.78, 5) is 4.68. The summed E-state index contributed by atoms with van der Waals surface area (Å²) in [5.74, 6) is 3.12. The maximum absolute atomic E-state index is 5.72. The number of benzene rings is 1. The molecular formula is C22H35IN6O. The summed E-state index contributed by atoms with van der Waals surface area (Å²) < 4.78 is 8.05. The molecule has 166 valence electrons. The molecule has 0 fully saturated rings. The maximum atomic E-state index is 5.72. The molecule has 2 heterocycles. The van der Waals surface area contributed by atoms with E-state index in [0.717, 1.165) is 63.0 Å². The molecule has 0 saturated heterocycles. The lowest BCUT2D eigenvalue weighted by molar-refractivity contribution is 0.125. The third-order valence-electron chi connectivity index (χ3n) is 5.01. The topological polar surface area (TPSA) is 76.4 Å². The van der Waals surface area contributed by atoms with Gasteiger partial charge in [0.2, 0.25) is 0 Å². The van der Waals surface area contributed by atoms with E-state index in [9.17, 15) is 0 Å². The fourth-order valence-corrected chi connectivity index (χ4v) is 3.51. The molecule has 1 aliphatic heterocycles. The largest absolute Gasteiger partial charge is 0.375 e. The highest BCUT2D eigenvalue weighted by Gasteiger charge is 2.13. The van der Waals surface area contributed by atoms with Crippen molar-refractivity contribution in [3.8, 4) is 0 Å². The predicted octanol–water partition coefficient (Wildman–Crippen LogP) is 3.33. The average molecular weight is 526 g/mol. The minimum atomic E-state index is 0. The minimum absolute atomic E-state index is 0. The lowest BCUT2D eigenvalue weighted by Gasteiger charge is -2.12. The Kier molecular flexibility index (Phi) is 11.8. The van der Waals surface area contributed by atoms with Crippen LogP contribution in [0.2, 0.25) is 0 Å². The molecule has 8 heteroatoms. The molecule has 1 aliphatic rings. The van der Waals surface area contributed by atoms with Crippen LogP contribution in [-0.2, 0) is 30.7 Å². The molecule has 0 radical (unpaired) electrons. The van der Waals surface area contributed by atoms with E-state index in [4.69, 9.17) is 4.74 Å². The van der Waals surface area contributed by atoms with Crippen molar-refractivity contribution in [1.29, 1.82) is 0 Å². The van der Waals surface area contributed by atoms with E-state index in [2.05, 4.69) is 49.4 Å². The number of hydrogen-bond donors (Lipinski definition) is 2. The van der Waals surface area contributed by atoms with Crippen LogP contribution in [0.5, 0.6) is 0 Å². The summed E-state index contributed by atoms with van der Waals surface area (Å²) >= 11 is 0. The van der Waals surface area contributed by atoms with E-state index in [1.807, 2.05) is 18.2 Å². The fourth-order valence-electron chi connectivity index (χ4n) is 3.51. The van der Waals surface area contributed by atoms with Crippen LogP contribution >= 0.6 is 24.0 Å². The van der Waals surface area contributed by atoms with E-state index in [1.165, 1.54) is 24.8 Å². The van der Waals surface area contributed by atoms with Gasteiger partial charge in [-0.1, -0.05) is 36.8 Å². The van der Waals surface area contributed by atoms with Gasteiger partial charge < -0.3 is 19.9 Å². The third-order valence-corrected chi connectivity index (χ3v) is 5.01. The fraction of sp³-hybridized carbons (Fsp3) is 0.591. The molecule has 2 N–H and O–H groups in total. The van der Waals surface area contributed by atoms with Crippen LogP contribution in [0.3, 0.4) is 0 Å². The van der Waals surface area contributed by atoms with Gasteiger partial charge in [-0.2, -0.15) is 0 Å². The first kappa shape index (κ1) is 24.6. The number of hydrogen-bond acceptors (Lipinski definition) is 4. The number of aryl methyl sites for hydroxylation is 2. The minimum Gasteiger partial charge on any atom is -0.375 e. The van der Waals surface area contributed by atoms with E-state index in [-0.39, 0.29) is 24.0 Å². The van der Waals surface area contributed by atoms with Crippen molar-refractivity contribution in [3.05, 3.63) is 47.5 Å². The molecular weight excluding hydrogens is 491 g/mol. The number of nitrogens with zero attached hydrogens (tertiary/aromatic N) is 4. The smallest absolute Gasteiger partial charge is 0.191 e. The monoisotopic (exact) mass is 526 g/mol. The highest BCUT2D eigenvalue weighted by atomic mass is 127. The summed E-state index contributed by atoms with van der Waals surface area (Å²) in [5.41, 5.74) is 1.19. The lowest BCUT2D eigenvalue weighted by atomic mass is 10.2. The summed E-state index contributed by atoms with van der Waals surface area (Å²) in [5, 5.41) is 15.4. The molecule has 1 aromatic carbocycles. The highest BCUT2D eigenvalue weighted by Crippen LogP contribution is 2.15. The number of ether oxygens (including phenoxy) is 1. The number of rotatable bonds is 10. The highest BCUT2D eigenvalue weighted by molar-refractivity contribution is 14.0. The zero-order valence-electron chi connectivity index (χ0n) is 18.0. The molecule has 0 atom stereocenters. The van der Waals surface area contributed by atoms with Crippen LogP contribution in [-0.4, -0.2) is 47.0 Å². The van der Waals surface area contributed by atoms with Crippen LogP contribution in [0.1, 0.15) is 49.8 Å². The molecule has 0 spiro atoms. The number of nitrogens with one attached hydrogen (secondary N) is 2. The first-order chi connectivity index (χ1) is 14.4. The second-order valence-electron chi connectivity index (χ2n) is 7.32. The maximum Gasteiger partial charge on any atom is 0.191 e. The molecule has 3 rings (SSSR count). The molecule has 0 amide bonds. The Bertz CT molecular complexity index is 749. The molecule has 0 saturated carbocycles. The third kappa shape index (κ3) is 8.22. The second-order valence-corrected chi connectivity index (χ2v) is 7.32. The van der Waals surface area contributed by atoms with Crippen LogP contribution in [0.4, 0.5) is 0 Å². The predicted molar refractivity (Wildman–Crippen MR) is 131 cm³/mol. The van der Waals surface area contributed by atoms with Crippen LogP contribution in [0.25, 0.3) is 0 Å². The Morgan fingerprint density at radius 3 is 2.83 bits per heavy atom. The van der Waals surface area contributed by atoms with Gasteiger partial charge in [-0.3, -0.25) is 4.99 Å². The van der Waals surface area contributed by atoms with E-state index in [0.29, 0.717) is 13.2 Å². The Balaban J connectivity index is 0.00000320. The van der Waals surface area contributed by atoms with Gasteiger partial charge >= 0.3 is 0 Å². The average Bonchev–Trinajstić information content (AvgIpc) is 2.97. The van der Waals surface area contributed by atoms with Crippen molar-refractivity contribution in [2.24, 2.45) is 4.99 Å². The summed E-state index contributed by atoms with van der Waals surface area (Å²) in [6, 6.07) is 10.2. The van der Waals surface area contributed by atoms with Gasteiger partial charge in [0.05, 0.1) is 13.2 Å². The van der Waals surface area contributed by atoms with Crippen LogP contribution < -0.4 is 10.6 Å². The van der Waals surface area contributed by atoms with Crippen molar-refractivity contribution in [2.75, 3.05) is 26.2 Å². The van der Waals surface area contributed by atoms with E-state index in [1.54, 1.807) is 0 Å². The molecule has 0 unspecified atom stereocenters. The van der Waals surface area contributed by atoms with Crippen LogP contribution in [0.15, 0.2) is 35.3 Å². The summed E-state index contributed by atoms with van der Waals surface area (Å²) in [7, 11) is 0. The van der Waals surface area contributed by atoms with Gasteiger partial charge in [0.1, 0.15) is 11.6 Å². The Morgan fingerprint density at radius 2 is 2.00 bits per heavy atom. The summed E-state index contributed by atoms with van der Waals surface area (Å²) in [6.07, 6.45) is 6.72. The quantitative estimate of drug-likeness (QED) is 0.215. The van der Waals surface area contributed by atoms with E-state index < -0.39 is 0 Å². The zero-order valence-corrected chi connectivity index (χ0v) is 20.3. The van der Waals surface area contributed by atoms with Gasteiger partial charge in [0.15, 0.2) is 5.96 Å². The number of aliphatic imine (C=N–C) groups is 1. The van der Waals surface area contributed by atoms with Crippen LogP contribution in [0, 0.1) is 0 Å². The number of fused-ring (bicyclic) bond motifs is 1. The van der Waals surface area contributed by atoms with Gasteiger partial charge in [-0.25, -0.2) is 0 Å². The first-order valence-electron chi connectivity index (χ1n) is 10.9. The summed E-state index contributed by atoms with van der Waals surface area (Å²) in [6.45, 7) is 6.76. The number of aromatic nitrogens is 3. The van der Waals surface area contributed by atoms with Gasteiger partial charge in [0, 0.05) is 39.0 Å². The van der Waals surface area contributed by atoms with Gasteiger partial charge in [-0.15, -0.1) is 34.2 Å². The SMILES string of the molecule is CCNC(=NCCCc1nnc2n1CCCCC2)NCCOCc1ccccc1.I. The normalized spacial score (nSPS) is 13.8. The Morgan fingerprint density at radius 1 is 1.13 bits per heavy atom. The van der Waals surface area contributed by atoms with Crippen molar-refractivity contribution in [3.63, 3.8) is 0 Å². The van der Waals surface area contributed by atoms with E-state index >= 15 is 0 Å². The van der Waals surface area contributed by atoms with Crippen molar-refractivity contribution in [2.45, 2.75) is 58.6 Å². The molecule has 0 bridgehead atoms. The van der Waals surface area contributed by atoms with Gasteiger partial charge in [-0.05, 0) is 31.7 Å². The molecule has 0 aliphatic carbocycles. The Labute approximate surface area is 197 Å².